The highest BCUT2D eigenvalue weighted by molar-refractivity contribution is 9.08. The molecular weight excluding hydrogens is 741 g/mol. The summed E-state index contributed by atoms with van der Waals surface area (Å²) in [6.07, 6.45) is 6.50. The predicted octanol–water partition coefficient (Wildman–Crippen LogP) is 10.1. The summed E-state index contributed by atoms with van der Waals surface area (Å²) in [5.41, 5.74) is 2.42. The SMILES string of the molecule is CSC1=C(SC)SC(=C2SC(SC)=C(SCCOCCOCCOc3cc(CBr)cc(CBr)c3)S2)S1. The number of thioether (sulfide) groups is 8. The van der Waals surface area contributed by atoms with Crippen LogP contribution >= 0.6 is 126 Å². The molecule has 3 nitrogen and oxygen atoms in total. The highest BCUT2D eigenvalue weighted by atomic mass is 79.9. The molecule has 0 fully saturated rings. The minimum atomic E-state index is 0.532. The summed E-state index contributed by atoms with van der Waals surface area (Å²) < 4.78 is 25.8. The minimum Gasteiger partial charge on any atom is -0.491 e. The first-order valence-electron chi connectivity index (χ1n) is 10.8. The van der Waals surface area contributed by atoms with Crippen molar-refractivity contribution in [2.24, 2.45) is 0 Å². The largest absolute Gasteiger partial charge is 0.491 e. The van der Waals surface area contributed by atoms with Crippen LogP contribution in [0.2, 0.25) is 0 Å². The van der Waals surface area contributed by atoms with E-state index >= 15 is 0 Å². The predicted molar refractivity (Wildman–Crippen MR) is 183 cm³/mol. The van der Waals surface area contributed by atoms with E-state index in [1.165, 1.54) is 36.5 Å². The Morgan fingerprint density at radius 2 is 1.11 bits per heavy atom. The van der Waals surface area contributed by atoms with Crippen LogP contribution in [0.5, 0.6) is 5.75 Å². The van der Waals surface area contributed by atoms with E-state index in [-0.39, 0.29) is 0 Å². The van der Waals surface area contributed by atoms with Crippen molar-refractivity contribution in [1.29, 1.82) is 0 Å². The Hall–Kier alpha value is 1.92. The van der Waals surface area contributed by atoms with E-state index < -0.39 is 0 Å². The van der Waals surface area contributed by atoms with Crippen LogP contribution in [-0.4, -0.2) is 57.6 Å². The Morgan fingerprint density at radius 1 is 0.639 bits per heavy atom. The highest BCUT2D eigenvalue weighted by Gasteiger charge is 2.29. The molecule has 2 aliphatic rings. The molecule has 0 unspecified atom stereocenters. The highest BCUT2D eigenvalue weighted by Crippen LogP contribution is 2.65. The normalized spacial score (nSPS) is 16.1. The van der Waals surface area contributed by atoms with Crippen LogP contribution in [-0.2, 0) is 20.1 Å². The van der Waals surface area contributed by atoms with Gasteiger partial charge in [0, 0.05) is 16.4 Å². The lowest BCUT2D eigenvalue weighted by Gasteiger charge is -2.10. The minimum absolute atomic E-state index is 0.532. The Bertz CT molecular complexity index is 930. The third kappa shape index (κ3) is 10.4. The molecule has 0 aromatic heterocycles. The van der Waals surface area contributed by atoms with Gasteiger partial charge in [-0.1, -0.05) is 85.0 Å². The van der Waals surface area contributed by atoms with Gasteiger partial charge < -0.3 is 14.2 Å². The number of alkyl halides is 2. The zero-order valence-electron chi connectivity index (χ0n) is 20.1. The molecule has 2 aliphatic heterocycles. The van der Waals surface area contributed by atoms with E-state index in [0.717, 1.165) is 28.8 Å². The average molecular weight is 769 g/mol. The van der Waals surface area contributed by atoms with Gasteiger partial charge in [0.1, 0.15) is 12.4 Å². The molecule has 1 aromatic rings. The van der Waals surface area contributed by atoms with Crippen LogP contribution < -0.4 is 4.74 Å². The van der Waals surface area contributed by atoms with Crippen molar-refractivity contribution in [3.63, 3.8) is 0 Å². The summed E-state index contributed by atoms with van der Waals surface area (Å²) in [6, 6.07) is 6.28. The van der Waals surface area contributed by atoms with Gasteiger partial charge in [-0.3, -0.25) is 0 Å². The zero-order valence-corrected chi connectivity index (χ0v) is 29.8. The molecule has 0 aliphatic carbocycles. The lowest BCUT2D eigenvalue weighted by molar-refractivity contribution is 0.0412. The molecule has 36 heavy (non-hydrogen) atoms. The fourth-order valence-electron chi connectivity index (χ4n) is 2.88. The summed E-state index contributed by atoms with van der Waals surface area (Å²) in [6.45, 7) is 2.99. The molecule has 0 radical (unpaired) electrons. The van der Waals surface area contributed by atoms with Crippen LogP contribution in [0.4, 0.5) is 0 Å². The fourth-order valence-corrected chi connectivity index (χ4v) is 14.2. The van der Waals surface area contributed by atoms with Crippen molar-refractivity contribution in [3.8, 4) is 5.75 Å². The Morgan fingerprint density at radius 3 is 1.64 bits per heavy atom. The number of ether oxygens (including phenoxy) is 3. The third-order valence-electron chi connectivity index (χ3n) is 4.46. The first kappa shape index (κ1) is 32.4. The molecule has 0 atom stereocenters. The number of halogens is 2. The van der Waals surface area contributed by atoms with Gasteiger partial charge in [0.15, 0.2) is 0 Å². The molecule has 0 saturated heterocycles. The summed E-state index contributed by atoms with van der Waals surface area (Å²) in [5.74, 6) is 1.83. The molecule has 13 heteroatoms. The molecule has 0 N–H and O–H groups in total. The van der Waals surface area contributed by atoms with Crippen molar-refractivity contribution in [2.75, 3.05) is 57.6 Å². The van der Waals surface area contributed by atoms with Crippen LogP contribution in [0, 0.1) is 0 Å². The first-order chi connectivity index (χ1) is 17.6. The molecule has 1 aromatic carbocycles. The van der Waals surface area contributed by atoms with Gasteiger partial charge in [-0.15, -0.1) is 47.0 Å². The molecular formula is C23H28Br2O3S8. The van der Waals surface area contributed by atoms with Crippen molar-refractivity contribution in [1.82, 2.24) is 0 Å². The van der Waals surface area contributed by atoms with Gasteiger partial charge in [-0.25, -0.2) is 0 Å². The van der Waals surface area contributed by atoms with Crippen molar-refractivity contribution < 1.29 is 14.2 Å². The first-order valence-corrected chi connectivity index (χ1v) is 21.0. The van der Waals surface area contributed by atoms with Crippen molar-refractivity contribution >= 4 is 126 Å². The lowest BCUT2D eigenvalue weighted by Crippen LogP contribution is -2.11. The van der Waals surface area contributed by atoms with Gasteiger partial charge in [0.25, 0.3) is 0 Å². The van der Waals surface area contributed by atoms with Crippen molar-refractivity contribution in [3.05, 3.63) is 54.7 Å². The second kappa shape index (κ2) is 18.4. The Balaban J connectivity index is 1.27. The van der Waals surface area contributed by atoms with Crippen molar-refractivity contribution in [2.45, 2.75) is 10.7 Å². The zero-order chi connectivity index (χ0) is 25.8. The average Bonchev–Trinajstić information content (AvgIpc) is 3.53. The van der Waals surface area contributed by atoms with Crippen LogP contribution in [0.15, 0.2) is 43.6 Å². The van der Waals surface area contributed by atoms with E-state index in [9.17, 15) is 0 Å². The molecule has 0 bridgehead atoms. The van der Waals surface area contributed by atoms with Crippen LogP contribution in [0.3, 0.4) is 0 Å². The monoisotopic (exact) mass is 766 g/mol. The summed E-state index contributed by atoms with van der Waals surface area (Å²) in [4.78, 5) is 0. The maximum absolute atomic E-state index is 5.85. The van der Waals surface area contributed by atoms with Gasteiger partial charge in [-0.2, -0.15) is 0 Å². The number of hydrogen-bond donors (Lipinski definition) is 0. The topological polar surface area (TPSA) is 27.7 Å². The van der Waals surface area contributed by atoms with Gasteiger partial charge >= 0.3 is 0 Å². The number of benzene rings is 1. The van der Waals surface area contributed by atoms with E-state index in [1.807, 2.05) is 94.1 Å². The van der Waals surface area contributed by atoms with Crippen LogP contribution in [0.25, 0.3) is 0 Å². The Labute approximate surface area is 266 Å². The second-order valence-corrected chi connectivity index (χ2v) is 17.2. The maximum atomic E-state index is 5.85. The standard InChI is InChI=1S/C23H28Br2O3S8/c1-29-18-19(30-2)34-22(33-18)23-35-20(31-3)21(36-23)32-9-8-27-5-4-26-6-7-28-17-11-15(13-24)10-16(12-17)14-25/h10-12H,4-9,13-14H2,1-3H3. The second-order valence-electron chi connectivity index (χ2n) is 6.92. The molecule has 0 spiro atoms. The Kier molecular flexibility index (Phi) is 16.6. The third-order valence-corrected chi connectivity index (χ3v) is 16.8. The van der Waals surface area contributed by atoms with E-state index in [2.05, 4.69) is 68.8 Å². The summed E-state index contributed by atoms with van der Waals surface area (Å²) in [5, 5.41) is 1.63. The number of hydrogen-bond acceptors (Lipinski definition) is 11. The summed E-state index contributed by atoms with van der Waals surface area (Å²) >= 11 is 22.2. The molecule has 200 valence electrons. The van der Waals surface area contributed by atoms with Crippen LogP contribution in [0.1, 0.15) is 11.1 Å². The number of rotatable bonds is 16. The molecule has 0 amide bonds. The fraction of sp³-hybridized carbons (Fsp3) is 0.478. The van der Waals surface area contributed by atoms with E-state index in [0.29, 0.717) is 26.4 Å². The van der Waals surface area contributed by atoms with Gasteiger partial charge in [0.2, 0.25) is 0 Å². The lowest BCUT2D eigenvalue weighted by atomic mass is 10.1. The molecule has 3 rings (SSSR count). The van der Waals surface area contributed by atoms with Gasteiger partial charge in [-0.05, 0) is 42.0 Å². The molecule has 0 saturated carbocycles. The molecule has 2 heterocycles. The quantitative estimate of drug-likeness (QED) is 0.119. The smallest absolute Gasteiger partial charge is 0.120 e. The van der Waals surface area contributed by atoms with Gasteiger partial charge in [0.05, 0.1) is 51.9 Å². The maximum Gasteiger partial charge on any atom is 0.120 e. The van der Waals surface area contributed by atoms with E-state index in [4.69, 9.17) is 14.2 Å². The van der Waals surface area contributed by atoms with E-state index in [1.54, 1.807) is 0 Å². The summed E-state index contributed by atoms with van der Waals surface area (Å²) in [7, 11) is 0.